The maximum atomic E-state index is 12.5. The van der Waals surface area contributed by atoms with Crippen LogP contribution in [-0.4, -0.2) is 25.9 Å². The molecule has 0 fully saturated rings. The molecule has 1 atom stereocenters. The van der Waals surface area contributed by atoms with E-state index in [9.17, 15) is 4.79 Å². The Hall–Kier alpha value is -2.60. The highest BCUT2D eigenvalue weighted by Crippen LogP contribution is 2.40. The van der Waals surface area contributed by atoms with Crippen LogP contribution < -0.4 is 24.3 Å². The summed E-state index contributed by atoms with van der Waals surface area (Å²) in [6.07, 6.45) is 0. The van der Waals surface area contributed by atoms with E-state index in [0.717, 1.165) is 11.3 Å². The minimum absolute atomic E-state index is 0.105. The van der Waals surface area contributed by atoms with E-state index >= 15 is 0 Å². The molecular formula is C18H16ClNO5. The summed E-state index contributed by atoms with van der Waals surface area (Å²) in [6.45, 7) is 3.07. The molecule has 2 aromatic carbocycles. The molecule has 0 spiro atoms. The second-order valence-corrected chi connectivity index (χ2v) is 6.20. The number of hydrogen-bond acceptors (Lipinski definition) is 5. The molecule has 2 heterocycles. The predicted molar refractivity (Wildman–Crippen MR) is 90.9 cm³/mol. The van der Waals surface area contributed by atoms with E-state index in [1.54, 1.807) is 12.1 Å². The number of fused-ring (bicyclic) bond motifs is 2. The Bertz CT molecular complexity index is 838. The van der Waals surface area contributed by atoms with E-state index in [2.05, 4.69) is 5.32 Å². The zero-order valence-electron chi connectivity index (χ0n) is 13.5. The number of benzene rings is 2. The molecule has 0 saturated carbocycles. The SMILES string of the molecule is C[C@H](NC(=O)c1cc(Cl)c2c(c1)OCO2)c1ccc2c(c1)OCCO2. The zero-order chi connectivity index (χ0) is 17.4. The smallest absolute Gasteiger partial charge is 0.251 e. The number of halogens is 1. The number of rotatable bonds is 3. The van der Waals surface area contributed by atoms with Crippen molar-refractivity contribution < 1.29 is 23.7 Å². The average molecular weight is 362 g/mol. The van der Waals surface area contributed by atoms with Crippen molar-refractivity contribution in [2.45, 2.75) is 13.0 Å². The van der Waals surface area contributed by atoms with Gasteiger partial charge in [-0.25, -0.2) is 0 Å². The Kier molecular flexibility index (Phi) is 4.05. The van der Waals surface area contributed by atoms with Gasteiger partial charge in [0.15, 0.2) is 23.0 Å². The largest absolute Gasteiger partial charge is 0.486 e. The van der Waals surface area contributed by atoms with E-state index in [4.69, 9.17) is 30.5 Å². The van der Waals surface area contributed by atoms with Crippen LogP contribution in [-0.2, 0) is 0 Å². The Balaban J connectivity index is 1.52. The number of nitrogens with one attached hydrogen (secondary N) is 1. The molecule has 0 aromatic heterocycles. The topological polar surface area (TPSA) is 66.0 Å². The fourth-order valence-electron chi connectivity index (χ4n) is 2.79. The van der Waals surface area contributed by atoms with E-state index in [0.29, 0.717) is 41.0 Å². The molecule has 0 unspecified atom stereocenters. The Morgan fingerprint density at radius 3 is 2.68 bits per heavy atom. The van der Waals surface area contributed by atoms with Crippen LogP contribution >= 0.6 is 11.6 Å². The summed E-state index contributed by atoms with van der Waals surface area (Å²) in [4.78, 5) is 12.5. The number of ether oxygens (including phenoxy) is 4. The first-order chi connectivity index (χ1) is 12.1. The first kappa shape index (κ1) is 15.9. The summed E-state index contributed by atoms with van der Waals surface area (Å²) in [5, 5.41) is 3.30. The summed E-state index contributed by atoms with van der Waals surface area (Å²) in [7, 11) is 0. The van der Waals surface area contributed by atoms with Gasteiger partial charge in [0.1, 0.15) is 13.2 Å². The maximum absolute atomic E-state index is 12.5. The fourth-order valence-corrected chi connectivity index (χ4v) is 3.06. The van der Waals surface area contributed by atoms with Crippen LogP contribution in [0.2, 0.25) is 5.02 Å². The van der Waals surface area contributed by atoms with Gasteiger partial charge >= 0.3 is 0 Å². The normalized spacial score (nSPS) is 15.6. The van der Waals surface area contributed by atoms with Crippen molar-refractivity contribution in [3.63, 3.8) is 0 Å². The third-order valence-corrected chi connectivity index (χ3v) is 4.38. The number of carbonyl (C=O) groups is 1. The number of amides is 1. The van der Waals surface area contributed by atoms with Crippen molar-refractivity contribution in [3.05, 3.63) is 46.5 Å². The Morgan fingerprint density at radius 1 is 1.04 bits per heavy atom. The summed E-state index contributed by atoms with van der Waals surface area (Å²) >= 11 is 6.14. The quantitative estimate of drug-likeness (QED) is 0.908. The minimum atomic E-state index is -0.248. The molecule has 0 saturated heterocycles. The lowest BCUT2D eigenvalue weighted by molar-refractivity contribution is 0.0939. The molecule has 0 aliphatic carbocycles. The monoisotopic (exact) mass is 361 g/mol. The zero-order valence-corrected chi connectivity index (χ0v) is 14.3. The lowest BCUT2D eigenvalue weighted by Crippen LogP contribution is -2.26. The van der Waals surface area contributed by atoms with Gasteiger partial charge in [-0.1, -0.05) is 17.7 Å². The van der Waals surface area contributed by atoms with Gasteiger partial charge in [-0.2, -0.15) is 0 Å². The van der Waals surface area contributed by atoms with Crippen LogP contribution in [0.5, 0.6) is 23.0 Å². The van der Waals surface area contributed by atoms with E-state index in [1.165, 1.54) is 0 Å². The first-order valence-electron chi connectivity index (χ1n) is 7.91. The second kappa shape index (κ2) is 6.37. The molecule has 0 radical (unpaired) electrons. The van der Waals surface area contributed by atoms with Crippen molar-refractivity contribution in [3.8, 4) is 23.0 Å². The predicted octanol–water partition coefficient (Wildman–Crippen LogP) is 3.33. The van der Waals surface area contributed by atoms with Crippen LogP contribution in [0.3, 0.4) is 0 Å². The van der Waals surface area contributed by atoms with Crippen molar-refractivity contribution in [1.29, 1.82) is 0 Å². The summed E-state index contributed by atoms with van der Waals surface area (Å²) in [6, 6.07) is 8.62. The average Bonchev–Trinajstić information content (AvgIpc) is 3.10. The molecule has 0 bridgehead atoms. The summed E-state index contributed by atoms with van der Waals surface area (Å²) < 4.78 is 21.7. The Labute approximate surface area is 149 Å². The first-order valence-corrected chi connectivity index (χ1v) is 8.29. The van der Waals surface area contributed by atoms with Gasteiger partial charge in [0.2, 0.25) is 6.79 Å². The molecule has 1 N–H and O–H groups in total. The third kappa shape index (κ3) is 3.05. The molecule has 4 rings (SSSR count). The van der Waals surface area contributed by atoms with Crippen LogP contribution in [0, 0.1) is 0 Å². The van der Waals surface area contributed by atoms with Gasteiger partial charge in [0.05, 0.1) is 11.1 Å². The molecule has 2 aliphatic heterocycles. The fraction of sp³-hybridized carbons (Fsp3) is 0.278. The van der Waals surface area contributed by atoms with Crippen molar-refractivity contribution >= 4 is 17.5 Å². The molecule has 7 heteroatoms. The summed E-state index contributed by atoms with van der Waals surface area (Å²) in [5.41, 5.74) is 1.34. The molecule has 25 heavy (non-hydrogen) atoms. The van der Waals surface area contributed by atoms with Crippen molar-refractivity contribution in [2.24, 2.45) is 0 Å². The molecular weight excluding hydrogens is 346 g/mol. The minimum Gasteiger partial charge on any atom is -0.486 e. The van der Waals surface area contributed by atoms with Crippen LogP contribution in [0.1, 0.15) is 28.9 Å². The molecule has 130 valence electrons. The standard InChI is InChI=1S/C18H16ClNO5/c1-10(11-2-3-14-15(7-11)23-5-4-22-14)20-18(21)12-6-13(19)17-16(8-12)24-9-25-17/h2-3,6-8,10H,4-5,9H2,1H3,(H,20,21)/t10-/m0/s1. The molecule has 2 aromatic rings. The van der Waals surface area contributed by atoms with Crippen molar-refractivity contribution in [2.75, 3.05) is 20.0 Å². The van der Waals surface area contributed by atoms with Gasteiger partial charge < -0.3 is 24.3 Å². The lowest BCUT2D eigenvalue weighted by Gasteiger charge is -2.21. The highest BCUT2D eigenvalue weighted by molar-refractivity contribution is 6.32. The van der Waals surface area contributed by atoms with Crippen molar-refractivity contribution in [1.82, 2.24) is 5.32 Å². The van der Waals surface area contributed by atoms with Gasteiger partial charge in [-0.15, -0.1) is 0 Å². The van der Waals surface area contributed by atoms with Gasteiger partial charge in [0.25, 0.3) is 5.91 Å². The van der Waals surface area contributed by atoms with E-state index < -0.39 is 0 Å². The van der Waals surface area contributed by atoms with Crippen LogP contribution in [0.15, 0.2) is 30.3 Å². The van der Waals surface area contributed by atoms with Gasteiger partial charge in [-0.05, 0) is 36.8 Å². The van der Waals surface area contributed by atoms with Crippen LogP contribution in [0.4, 0.5) is 0 Å². The number of carbonyl (C=O) groups excluding carboxylic acids is 1. The maximum Gasteiger partial charge on any atom is 0.251 e. The molecule has 2 aliphatic rings. The highest BCUT2D eigenvalue weighted by atomic mass is 35.5. The Morgan fingerprint density at radius 2 is 1.84 bits per heavy atom. The highest BCUT2D eigenvalue weighted by Gasteiger charge is 2.22. The summed E-state index contributed by atoms with van der Waals surface area (Å²) in [5.74, 6) is 2.11. The van der Waals surface area contributed by atoms with Gasteiger partial charge in [0, 0.05) is 5.56 Å². The van der Waals surface area contributed by atoms with E-state index in [1.807, 2.05) is 25.1 Å². The molecule has 1 amide bonds. The number of hydrogen-bond donors (Lipinski definition) is 1. The lowest BCUT2D eigenvalue weighted by atomic mass is 10.1. The second-order valence-electron chi connectivity index (χ2n) is 5.79. The molecule has 6 nitrogen and oxygen atoms in total. The third-order valence-electron chi connectivity index (χ3n) is 4.10. The van der Waals surface area contributed by atoms with Gasteiger partial charge in [-0.3, -0.25) is 4.79 Å². The van der Waals surface area contributed by atoms with Crippen LogP contribution in [0.25, 0.3) is 0 Å². The van der Waals surface area contributed by atoms with E-state index in [-0.39, 0.29) is 18.7 Å².